The van der Waals surface area contributed by atoms with E-state index in [9.17, 15) is 14.4 Å². The minimum atomic E-state index is -4.42. The Bertz CT molecular complexity index is 1220. The maximum absolute atomic E-state index is 12.2. The Morgan fingerprint density at radius 3 is 2.40 bits per heavy atom. The van der Waals surface area contributed by atoms with E-state index in [-0.39, 0.29) is 6.42 Å². The topological polar surface area (TPSA) is 95.3 Å². The molecular formula is C22H22N3O3PS. The molecule has 1 atom stereocenters. The smallest absolute Gasteiger partial charge is 0.347 e. The molecule has 8 heteroatoms. The molecule has 0 radical (unpaired) electrons. The van der Waals surface area contributed by atoms with Crippen LogP contribution < -0.4 is 5.32 Å². The van der Waals surface area contributed by atoms with Crippen molar-refractivity contribution in [3.8, 4) is 10.4 Å². The lowest BCUT2D eigenvalue weighted by atomic mass is 10.1. The number of nitrogens with zero attached hydrogens (tertiary/aromatic N) is 2. The number of aryl methyl sites for hydroxylation is 2. The molecule has 6 nitrogen and oxygen atoms in total. The van der Waals surface area contributed by atoms with Crippen molar-refractivity contribution in [3.63, 3.8) is 0 Å². The average molecular weight is 439 g/mol. The molecule has 4 rings (SSSR count). The zero-order valence-electron chi connectivity index (χ0n) is 16.6. The van der Waals surface area contributed by atoms with Crippen molar-refractivity contribution in [2.45, 2.75) is 26.1 Å². The van der Waals surface area contributed by atoms with Crippen LogP contribution in [0.5, 0.6) is 0 Å². The van der Waals surface area contributed by atoms with Crippen LogP contribution in [0.15, 0.2) is 60.9 Å². The highest BCUT2D eigenvalue weighted by Gasteiger charge is 2.30. The minimum Gasteiger partial charge on any atom is -0.355 e. The molecule has 2 aromatic heterocycles. The van der Waals surface area contributed by atoms with E-state index in [1.165, 1.54) is 11.9 Å². The number of fused-ring (bicyclic) bond motifs is 1. The van der Waals surface area contributed by atoms with Crippen molar-refractivity contribution in [1.29, 1.82) is 0 Å². The highest BCUT2D eigenvalue weighted by atomic mass is 32.1. The summed E-state index contributed by atoms with van der Waals surface area (Å²) in [5.41, 5.74) is 4.10. The number of hydrogen-bond acceptors (Lipinski definition) is 5. The monoisotopic (exact) mass is 439 g/mol. The molecule has 154 valence electrons. The summed E-state index contributed by atoms with van der Waals surface area (Å²) < 4.78 is 12.2. The molecule has 3 N–H and O–H groups in total. The third-order valence-electron chi connectivity index (χ3n) is 5.02. The van der Waals surface area contributed by atoms with Crippen LogP contribution in [-0.4, -0.2) is 25.5 Å². The van der Waals surface area contributed by atoms with E-state index in [4.69, 9.17) is 0 Å². The van der Waals surface area contributed by atoms with Crippen LogP contribution in [0.1, 0.15) is 16.7 Å². The molecular weight excluding hydrogens is 417 g/mol. The van der Waals surface area contributed by atoms with Gasteiger partial charge in [0.15, 0.2) is 0 Å². The summed E-state index contributed by atoms with van der Waals surface area (Å²) in [6.45, 7) is 4.04. The van der Waals surface area contributed by atoms with Crippen molar-refractivity contribution < 1.29 is 14.4 Å². The Morgan fingerprint density at radius 2 is 1.73 bits per heavy atom. The van der Waals surface area contributed by atoms with Gasteiger partial charge >= 0.3 is 7.60 Å². The quantitative estimate of drug-likeness (QED) is 0.360. The molecule has 0 amide bonds. The number of rotatable bonds is 6. The van der Waals surface area contributed by atoms with Gasteiger partial charge in [0.05, 0.1) is 5.39 Å². The molecule has 0 saturated carbocycles. The van der Waals surface area contributed by atoms with Crippen LogP contribution in [0.2, 0.25) is 0 Å². The first-order valence-electron chi connectivity index (χ1n) is 9.50. The fraction of sp³-hybridized carbons (Fsp3) is 0.182. The first-order chi connectivity index (χ1) is 14.3. The van der Waals surface area contributed by atoms with Crippen LogP contribution in [0.4, 0.5) is 5.82 Å². The van der Waals surface area contributed by atoms with Crippen molar-refractivity contribution >= 4 is 35.0 Å². The Hall–Kier alpha value is -2.57. The maximum atomic E-state index is 12.2. The number of nitrogens with one attached hydrogen (secondary N) is 1. The van der Waals surface area contributed by atoms with E-state index in [1.54, 1.807) is 11.3 Å². The second-order valence-corrected chi connectivity index (χ2v) is 10.1. The molecule has 2 heterocycles. The molecule has 0 aliphatic carbocycles. The summed E-state index contributed by atoms with van der Waals surface area (Å²) in [6.07, 6.45) is 1.61. The minimum absolute atomic E-state index is 0.185. The fourth-order valence-electron chi connectivity index (χ4n) is 3.41. The third kappa shape index (κ3) is 4.30. The largest absolute Gasteiger partial charge is 0.355 e. The van der Waals surface area contributed by atoms with Crippen LogP contribution in [0.3, 0.4) is 0 Å². The first-order valence-corrected chi connectivity index (χ1v) is 12.0. The van der Waals surface area contributed by atoms with E-state index < -0.39 is 13.4 Å². The van der Waals surface area contributed by atoms with Crippen molar-refractivity contribution in [1.82, 2.24) is 9.97 Å². The summed E-state index contributed by atoms with van der Waals surface area (Å²) in [6, 6.07) is 17.6. The van der Waals surface area contributed by atoms with Gasteiger partial charge in [-0.3, -0.25) is 4.57 Å². The van der Waals surface area contributed by atoms with E-state index in [0.29, 0.717) is 5.82 Å². The number of benzene rings is 2. The Kier molecular flexibility index (Phi) is 5.71. The first kappa shape index (κ1) is 20.7. The molecule has 0 aliphatic heterocycles. The van der Waals surface area contributed by atoms with Gasteiger partial charge in [0.1, 0.15) is 22.8 Å². The van der Waals surface area contributed by atoms with Crippen LogP contribution >= 0.6 is 18.9 Å². The van der Waals surface area contributed by atoms with Gasteiger partial charge in [-0.25, -0.2) is 9.97 Å². The van der Waals surface area contributed by atoms with Gasteiger partial charge in [-0.1, -0.05) is 60.2 Å². The Labute approximate surface area is 178 Å². The van der Waals surface area contributed by atoms with E-state index in [1.807, 2.05) is 44.2 Å². The number of hydrogen-bond donors (Lipinski definition) is 3. The normalized spacial score (nSPS) is 12.8. The molecule has 1 unspecified atom stereocenters. The van der Waals surface area contributed by atoms with Crippen molar-refractivity contribution in [2.24, 2.45) is 0 Å². The van der Waals surface area contributed by atoms with E-state index >= 15 is 0 Å². The van der Waals surface area contributed by atoms with E-state index in [2.05, 4.69) is 39.6 Å². The number of thiophene rings is 1. The van der Waals surface area contributed by atoms with Crippen molar-refractivity contribution in [2.75, 3.05) is 5.32 Å². The van der Waals surface area contributed by atoms with Gasteiger partial charge in [-0.15, -0.1) is 11.3 Å². The number of anilines is 1. The van der Waals surface area contributed by atoms with Gasteiger partial charge in [0, 0.05) is 11.3 Å². The third-order valence-corrected chi connectivity index (χ3v) is 7.39. The van der Waals surface area contributed by atoms with Gasteiger partial charge < -0.3 is 15.1 Å². The summed E-state index contributed by atoms with van der Waals surface area (Å²) in [7, 11) is -4.42. The molecule has 0 saturated heterocycles. The maximum Gasteiger partial charge on any atom is 0.347 e. The molecule has 30 heavy (non-hydrogen) atoms. The van der Waals surface area contributed by atoms with Crippen LogP contribution in [0, 0.1) is 13.8 Å². The predicted molar refractivity (Wildman–Crippen MR) is 122 cm³/mol. The standard InChI is InChI=1S/C22H22N3O3PS/c1-14-8-10-17(11-9-14)20-15(2)19-21(23-13-24-22(19)30-20)25-18(29(26,27)28)12-16-6-4-3-5-7-16/h3-11,13,18H,12H2,1-2H3,(H,23,24,25)(H2,26,27,28). The molecule has 2 aromatic carbocycles. The fourth-order valence-corrected chi connectivity index (χ4v) is 5.30. The van der Waals surface area contributed by atoms with Crippen LogP contribution in [0.25, 0.3) is 20.7 Å². The predicted octanol–water partition coefficient (Wildman–Crippen LogP) is 5.13. The van der Waals surface area contributed by atoms with Gasteiger partial charge in [0.2, 0.25) is 0 Å². The molecule has 0 spiro atoms. The lowest BCUT2D eigenvalue weighted by Crippen LogP contribution is -2.23. The second kappa shape index (κ2) is 8.28. The Balaban J connectivity index is 1.74. The molecule has 0 bridgehead atoms. The number of aromatic nitrogens is 2. The molecule has 0 fully saturated rings. The van der Waals surface area contributed by atoms with Gasteiger partial charge in [-0.05, 0) is 30.5 Å². The summed E-state index contributed by atoms with van der Waals surface area (Å²) >= 11 is 1.55. The van der Waals surface area contributed by atoms with E-state index in [0.717, 1.165) is 31.8 Å². The average Bonchev–Trinajstić information content (AvgIpc) is 3.06. The van der Waals surface area contributed by atoms with Gasteiger partial charge in [0.25, 0.3) is 0 Å². The molecule has 4 aromatic rings. The summed E-state index contributed by atoms with van der Waals surface area (Å²) in [5.74, 6) is -0.642. The van der Waals surface area contributed by atoms with Crippen LogP contribution in [-0.2, 0) is 11.0 Å². The van der Waals surface area contributed by atoms with Gasteiger partial charge in [-0.2, -0.15) is 0 Å². The summed E-state index contributed by atoms with van der Waals surface area (Å²) in [4.78, 5) is 30.5. The zero-order valence-corrected chi connectivity index (χ0v) is 18.3. The van der Waals surface area contributed by atoms with Crippen molar-refractivity contribution in [3.05, 3.63) is 77.6 Å². The highest BCUT2D eigenvalue weighted by molar-refractivity contribution is 7.52. The SMILES string of the molecule is Cc1ccc(-c2sc3ncnc(NC(Cc4ccccc4)P(=O)(O)O)c3c2C)cc1. The second-order valence-electron chi connectivity index (χ2n) is 7.26. The lowest BCUT2D eigenvalue weighted by Gasteiger charge is -2.21. The Morgan fingerprint density at radius 1 is 1.03 bits per heavy atom. The molecule has 0 aliphatic rings. The summed E-state index contributed by atoms with van der Waals surface area (Å²) in [5, 5.41) is 3.81. The lowest BCUT2D eigenvalue weighted by molar-refractivity contribution is 0.361. The highest BCUT2D eigenvalue weighted by Crippen LogP contribution is 2.45. The zero-order chi connectivity index (χ0) is 21.3.